The summed E-state index contributed by atoms with van der Waals surface area (Å²) in [6.45, 7) is 3.42. The van der Waals surface area contributed by atoms with E-state index in [1.54, 1.807) is 0 Å². The molecule has 2 heterocycles. The number of allylic oxidation sites excluding steroid dienone is 4. The van der Waals surface area contributed by atoms with Crippen LogP contribution in [0.25, 0.3) is 0 Å². The van der Waals surface area contributed by atoms with Gasteiger partial charge in [-0.2, -0.15) is 0 Å². The number of hydrogen-bond donors (Lipinski definition) is 11. The number of carbonyl (C=O) groups is 3. The van der Waals surface area contributed by atoms with Crippen LogP contribution in [0.1, 0.15) is 290 Å². The zero-order chi connectivity index (χ0) is 71.8. The zero-order valence-corrected chi connectivity index (χ0v) is 60.7. The third kappa shape index (κ3) is 37.7. The summed E-state index contributed by atoms with van der Waals surface area (Å²) in [6.07, 6.45) is 15.2. The molecule has 0 bridgehead atoms. The second-order valence-corrected chi connectivity index (χ2v) is 28.8. The highest BCUT2D eigenvalue weighted by Crippen LogP contribution is 2.49. The summed E-state index contributed by atoms with van der Waals surface area (Å²) in [6, 6.07) is 0. The van der Waals surface area contributed by atoms with E-state index in [9.17, 15) is 74.9 Å². The molecule has 24 nitrogen and oxygen atoms in total. The average molecular weight is 1430 g/mol. The van der Waals surface area contributed by atoms with Gasteiger partial charge < -0.3 is 89.1 Å². The number of rotatable bonds is 59. The standard InChI is InChI=1S/C73H133O24P/c1-4-7-10-13-16-19-22-25-27-30-33-36-39-42-45-48-58(76)90-53-56-61(79)63(81)68(86)73(94-56)96-70-66(84)64(82)65(83)69(95-72-67(85)62(80)60(78)55(50-74)93-72)71(70)97-98(87,88)91-52-54(51-89-57(75)47-44-41-38-35-32-29-24-21-18-15-12-9-6-3)92-59(77)49-46-43-40-37-34-31-28-26-23-20-17-14-11-8-5-2/h19-20,22-23,54-56,60-74,78-86H,4-18,21,24-53H2,1-3H3,(H,87,88)/b22-19-,23-20-. The van der Waals surface area contributed by atoms with Gasteiger partial charge in [0.15, 0.2) is 18.7 Å². The van der Waals surface area contributed by atoms with Gasteiger partial charge in [0.2, 0.25) is 0 Å². The fourth-order valence-corrected chi connectivity index (χ4v) is 13.4. The Hall–Kier alpha value is -2.56. The first kappa shape index (κ1) is 89.7. The maximum absolute atomic E-state index is 14.3. The molecule has 18 unspecified atom stereocenters. The fourth-order valence-electron chi connectivity index (χ4n) is 12.5. The molecule has 3 fully saturated rings. The zero-order valence-electron chi connectivity index (χ0n) is 59.8. The summed E-state index contributed by atoms with van der Waals surface area (Å²) in [4.78, 5) is 51.0. The maximum Gasteiger partial charge on any atom is 0.472 e. The number of unbranched alkanes of at least 4 members (excludes halogenated alkanes) is 34. The van der Waals surface area contributed by atoms with Crippen LogP contribution in [0.3, 0.4) is 0 Å². The van der Waals surface area contributed by atoms with E-state index in [0.717, 1.165) is 135 Å². The van der Waals surface area contributed by atoms with Crippen LogP contribution in [-0.4, -0.2) is 204 Å². The lowest BCUT2D eigenvalue weighted by Crippen LogP contribution is -2.69. The lowest BCUT2D eigenvalue weighted by molar-refractivity contribution is -0.360. The molecule has 574 valence electrons. The first-order chi connectivity index (χ1) is 47.3. The van der Waals surface area contributed by atoms with Gasteiger partial charge in [0.1, 0.15) is 98.7 Å². The Morgan fingerprint density at radius 3 is 1.11 bits per heavy atom. The fraction of sp³-hybridized carbons (Fsp3) is 0.904. The number of aliphatic hydroxyl groups excluding tert-OH is 10. The predicted octanol–water partition coefficient (Wildman–Crippen LogP) is 10.5. The van der Waals surface area contributed by atoms with Crippen molar-refractivity contribution in [3.63, 3.8) is 0 Å². The molecule has 18 atom stereocenters. The van der Waals surface area contributed by atoms with Gasteiger partial charge in [-0.15, -0.1) is 0 Å². The van der Waals surface area contributed by atoms with Crippen molar-refractivity contribution < 1.29 is 117 Å². The van der Waals surface area contributed by atoms with Crippen molar-refractivity contribution in [2.24, 2.45) is 0 Å². The molecule has 0 aromatic carbocycles. The molecule has 1 aliphatic carbocycles. The van der Waals surface area contributed by atoms with Gasteiger partial charge in [-0.05, 0) is 70.6 Å². The lowest BCUT2D eigenvalue weighted by Gasteiger charge is -2.49. The van der Waals surface area contributed by atoms with Crippen molar-refractivity contribution in [3.8, 4) is 0 Å². The minimum absolute atomic E-state index is 0.0235. The predicted molar refractivity (Wildman–Crippen MR) is 370 cm³/mol. The number of ether oxygens (including phenoxy) is 7. The van der Waals surface area contributed by atoms with Gasteiger partial charge >= 0.3 is 25.7 Å². The monoisotopic (exact) mass is 1420 g/mol. The van der Waals surface area contributed by atoms with Gasteiger partial charge in [0.05, 0.1) is 13.2 Å². The normalized spacial score (nSPS) is 27.7. The Morgan fingerprint density at radius 2 is 0.714 bits per heavy atom. The molecular formula is C73H133O24P. The molecule has 1 saturated carbocycles. The second-order valence-electron chi connectivity index (χ2n) is 27.4. The number of esters is 3. The molecule has 98 heavy (non-hydrogen) atoms. The summed E-state index contributed by atoms with van der Waals surface area (Å²) in [5, 5.41) is 110. The molecule has 0 aromatic rings. The highest BCUT2D eigenvalue weighted by molar-refractivity contribution is 7.47. The largest absolute Gasteiger partial charge is 0.472 e. The van der Waals surface area contributed by atoms with Crippen molar-refractivity contribution in [2.45, 2.75) is 395 Å². The van der Waals surface area contributed by atoms with Crippen LogP contribution in [0.5, 0.6) is 0 Å². The van der Waals surface area contributed by atoms with E-state index >= 15 is 0 Å². The Labute approximate surface area is 585 Å². The smallest absolute Gasteiger partial charge is 0.463 e. The minimum atomic E-state index is -5.70. The molecule has 3 rings (SSSR count). The van der Waals surface area contributed by atoms with E-state index in [1.165, 1.54) is 96.3 Å². The molecule has 0 radical (unpaired) electrons. The Balaban J connectivity index is 1.73. The van der Waals surface area contributed by atoms with Gasteiger partial charge in [-0.1, -0.05) is 225 Å². The molecule has 0 spiro atoms. The van der Waals surface area contributed by atoms with E-state index in [2.05, 4.69) is 45.1 Å². The van der Waals surface area contributed by atoms with Crippen molar-refractivity contribution in [3.05, 3.63) is 24.3 Å². The summed E-state index contributed by atoms with van der Waals surface area (Å²) in [5.41, 5.74) is 0. The lowest BCUT2D eigenvalue weighted by atomic mass is 9.84. The number of hydrogen-bond acceptors (Lipinski definition) is 23. The van der Waals surface area contributed by atoms with Crippen molar-refractivity contribution in [1.82, 2.24) is 0 Å². The second kappa shape index (κ2) is 55.0. The quantitative estimate of drug-likeness (QED) is 0.00886. The molecule has 2 saturated heterocycles. The van der Waals surface area contributed by atoms with E-state index in [-0.39, 0.29) is 19.3 Å². The topological polar surface area (TPSA) is 374 Å². The van der Waals surface area contributed by atoms with Crippen LogP contribution in [-0.2, 0) is 61.2 Å². The highest BCUT2D eigenvalue weighted by Gasteiger charge is 2.58. The van der Waals surface area contributed by atoms with Crippen LogP contribution in [0.2, 0.25) is 0 Å². The SMILES string of the molecule is CCCCCC/C=C\CCCCCCCCCC(=O)OCC1OC(OC2C(O)C(O)C(O)C(OC3OC(CO)C(O)C(O)C3O)C2OP(=O)(O)OCC(COC(=O)CCCCCCCCCCCCCCC)OC(=O)CCCCCCCCC/C=C\CCCCCC)C(O)C(O)C1O. The first-order valence-electron chi connectivity index (χ1n) is 38.1. The molecule has 0 aromatic heterocycles. The van der Waals surface area contributed by atoms with Gasteiger partial charge in [0.25, 0.3) is 0 Å². The molecule has 0 amide bonds. The Bertz CT molecular complexity index is 2120. The summed E-state index contributed by atoms with van der Waals surface area (Å²) in [7, 11) is -5.70. The van der Waals surface area contributed by atoms with Crippen molar-refractivity contribution in [2.75, 3.05) is 26.4 Å². The number of phosphoric ester groups is 1. The van der Waals surface area contributed by atoms with Crippen molar-refractivity contribution in [1.29, 1.82) is 0 Å². The van der Waals surface area contributed by atoms with Gasteiger partial charge in [-0.3, -0.25) is 23.4 Å². The number of carbonyl (C=O) groups excluding carboxylic acids is 3. The number of phosphoric acid groups is 1. The maximum atomic E-state index is 14.3. The summed E-state index contributed by atoms with van der Waals surface area (Å²) in [5.74, 6) is -1.99. The molecule has 3 aliphatic rings. The average Bonchev–Trinajstić information content (AvgIpc) is 0.761. The van der Waals surface area contributed by atoms with Crippen LogP contribution < -0.4 is 0 Å². The minimum Gasteiger partial charge on any atom is -0.463 e. The number of aliphatic hydroxyl groups is 10. The van der Waals surface area contributed by atoms with E-state index in [4.69, 9.17) is 42.2 Å². The molecule has 25 heteroatoms. The van der Waals surface area contributed by atoms with Crippen LogP contribution in [0.15, 0.2) is 24.3 Å². The van der Waals surface area contributed by atoms with Gasteiger partial charge in [0, 0.05) is 19.3 Å². The van der Waals surface area contributed by atoms with E-state index < -0.39 is 156 Å². The molecule has 2 aliphatic heterocycles. The third-order valence-electron chi connectivity index (χ3n) is 18.7. The van der Waals surface area contributed by atoms with Crippen LogP contribution in [0, 0.1) is 0 Å². The third-order valence-corrected chi connectivity index (χ3v) is 19.7. The van der Waals surface area contributed by atoms with E-state index in [1.807, 2.05) is 0 Å². The molecular weight excluding hydrogens is 1290 g/mol. The van der Waals surface area contributed by atoms with Crippen LogP contribution in [0.4, 0.5) is 0 Å². The highest BCUT2D eigenvalue weighted by atomic mass is 31.2. The summed E-state index contributed by atoms with van der Waals surface area (Å²) >= 11 is 0. The summed E-state index contributed by atoms with van der Waals surface area (Å²) < 4.78 is 65.0. The Kier molecular flexibility index (Phi) is 50.3. The van der Waals surface area contributed by atoms with Crippen molar-refractivity contribution >= 4 is 25.7 Å². The molecule has 11 N–H and O–H groups in total. The first-order valence-corrected chi connectivity index (χ1v) is 39.6. The van der Waals surface area contributed by atoms with E-state index in [0.29, 0.717) is 19.3 Å². The van der Waals surface area contributed by atoms with Gasteiger partial charge in [-0.25, -0.2) is 4.57 Å². The van der Waals surface area contributed by atoms with Crippen LogP contribution >= 0.6 is 7.82 Å². The Morgan fingerprint density at radius 1 is 0.388 bits per heavy atom.